The summed E-state index contributed by atoms with van der Waals surface area (Å²) in [6, 6.07) is 25.9. The maximum Gasteiger partial charge on any atom is 0.305 e. The molecule has 0 aliphatic carbocycles. The number of nitrogens with one attached hydrogen (secondary N) is 9. The Labute approximate surface area is 750 Å². The Morgan fingerprint density at radius 2 is 1.03 bits per heavy atom. The zero-order valence-electron chi connectivity index (χ0n) is 72.9. The number of anilines is 1. The van der Waals surface area contributed by atoms with Crippen LogP contribution in [0, 0.1) is 11.8 Å². The van der Waals surface area contributed by atoms with Gasteiger partial charge in [0.15, 0.2) is 0 Å². The van der Waals surface area contributed by atoms with Crippen LogP contribution in [-0.2, 0) is 115 Å². The van der Waals surface area contributed by atoms with Crippen molar-refractivity contribution < 1.29 is 92.0 Å². The zero-order valence-corrected chi connectivity index (χ0v) is 74.5. The van der Waals surface area contributed by atoms with E-state index in [1.807, 2.05) is 25.1 Å². The molecule has 2 aliphatic heterocycles. The Morgan fingerprint density at radius 1 is 0.508 bits per heavy atom. The number of carbonyl (C=O) groups excluding carboxylic acids is 15. The Hall–Kier alpha value is -13.3. The number of aromatic hydroxyl groups is 2. The van der Waals surface area contributed by atoms with Gasteiger partial charge in [-0.25, -0.2) is 0 Å². The lowest BCUT2D eigenvalue weighted by molar-refractivity contribution is -0.151. The van der Waals surface area contributed by atoms with Crippen molar-refractivity contribution in [3.8, 4) is 11.5 Å². The van der Waals surface area contributed by atoms with E-state index in [0.717, 1.165) is 31.2 Å². The molecule has 0 saturated carbocycles. The molecular weight excluding hydrogens is 1680 g/mol. The summed E-state index contributed by atoms with van der Waals surface area (Å²) in [6.07, 6.45) is -1.42. The quantitative estimate of drug-likeness (QED) is 0.0492. The van der Waals surface area contributed by atoms with Crippen LogP contribution in [0.5, 0.6) is 11.5 Å². The van der Waals surface area contributed by atoms with Crippen LogP contribution in [0.3, 0.4) is 0 Å². The van der Waals surface area contributed by atoms with Crippen LogP contribution in [0.2, 0.25) is 0 Å². The molecule has 15 amide bonds. The highest BCUT2D eigenvalue weighted by Crippen LogP contribution is 2.33. The van der Waals surface area contributed by atoms with E-state index < -0.39 is 199 Å². The molecule has 7 aromatic rings. The molecule has 36 heteroatoms. The number of aliphatic carboxylic acids is 1. The van der Waals surface area contributed by atoms with E-state index in [1.54, 1.807) is 130 Å². The number of amides is 15. The maximum absolute atomic E-state index is 15.5. The summed E-state index contributed by atoms with van der Waals surface area (Å²) in [5.74, 6) is -17.6. The zero-order chi connectivity index (χ0) is 93.2. The van der Waals surface area contributed by atoms with Crippen LogP contribution in [0.15, 0.2) is 163 Å². The fourth-order valence-corrected chi connectivity index (χ4v) is 17.1. The maximum atomic E-state index is 15.5. The SMILES string of the molecule is CCCC[C@H]1C(=O)N(C)CC(=O)N[C@@H](CC(=O)O)C(=O)N[C@@H](C(C)C)C(=O)N(C)[C@@H](Cc2ccccc2)C(=O)N[C@H]2Cc3ccc(O)cc3N(CC(=O)N[C@@H](Cc3csc4ccccc34)C(=O)NC(Cc3ccc(O)cc3)C(=O)N[C@@H](CC(C)C)C(=O)N[C@H](C(=O)NCC(N)=O)CSCC(=O)N[C@@H](Cc3ccccc3)C(=O)N(C)[C@@H](Cc3ccccc3)C(=O)N1C)C2=O. The number of benzene rings is 6. The first kappa shape index (κ1) is 98.5. The van der Waals surface area contributed by atoms with Crippen molar-refractivity contribution in [2.75, 3.05) is 64.2 Å². The normalized spacial score (nSPS) is 22.2. The van der Waals surface area contributed by atoms with Gasteiger partial charge < -0.3 is 93.4 Å². The van der Waals surface area contributed by atoms with Crippen LogP contribution < -0.4 is 58.5 Å². The number of hydrogen-bond donors (Lipinski definition) is 13. The minimum absolute atomic E-state index is 0.0329. The molecule has 1 unspecified atom stereocenters. The summed E-state index contributed by atoms with van der Waals surface area (Å²) < 4.78 is 0.812. The summed E-state index contributed by atoms with van der Waals surface area (Å²) in [5, 5.41) is 58.1. The van der Waals surface area contributed by atoms with Crippen molar-refractivity contribution in [1.82, 2.24) is 67.5 Å². The predicted octanol–water partition coefficient (Wildman–Crippen LogP) is 2.95. The highest BCUT2D eigenvalue weighted by molar-refractivity contribution is 8.00. The van der Waals surface area contributed by atoms with Crippen molar-refractivity contribution >= 4 is 133 Å². The molecule has 1 aromatic heterocycles. The van der Waals surface area contributed by atoms with Gasteiger partial charge >= 0.3 is 5.97 Å². The second-order valence-electron chi connectivity index (χ2n) is 32.8. The van der Waals surface area contributed by atoms with Gasteiger partial charge in [-0.05, 0) is 93.1 Å². The highest BCUT2D eigenvalue weighted by Gasteiger charge is 2.44. The summed E-state index contributed by atoms with van der Waals surface area (Å²) in [7, 11) is 5.29. The number of nitrogens with zero attached hydrogens (tertiary/aromatic N) is 5. The Balaban J connectivity index is 1.11. The third-order valence-electron chi connectivity index (χ3n) is 22.2. The summed E-state index contributed by atoms with van der Waals surface area (Å²) >= 11 is 2.18. The van der Waals surface area contributed by atoms with Crippen molar-refractivity contribution in [3.05, 3.63) is 196 Å². The van der Waals surface area contributed by atoms with Crippen LogP contribution >= 0.6 is 23.1 Å². The number of carboxylic acids is 1. The van der Waals surface area contributed by atoms with E-state index in [-0.39, 0.29) is 80.2 Å². The molecule has 682 valence electrons. The molecule has 1 fully saturated rings. The van der Waals surface area contributed by atoms with Gasteiger partial charge in [-0.2, -0.15) is 0 Å². The van der Waals surface area contributed by atoms with Crippen molar-refractivity contribution in [2.24, 2.45) is 17.6 Å². The van der Waals surface area contributed by atoms with E-state index in [4.69, 9.17) is 5.73 Å². The summed E-state index contributed by atoms with van der Waals surface area (Å²) in [4.78, 5) is 241. The fourth-order valence-electron chi connectivity index (χ4n) is 15.2. The monoisotopic (exact) mass is 1800 g/mol. The van der Waals surface area contributed by atoms with Crippen LogP contribution in [0.25, 0.3) is 10.1 Å². The molecule has 6 aromatic carbocycles. The molecule has 3 heterocycles. The number of rotatable bonds is 21. The molecular formula is C92H113N15O19S2. The molecule has 128 heavy (non-hydrogen) atoms. The number of nitrogens with two attached hydrogens (primary N) is 1. The number of likely N-dealkylation sites (N-methyl/N-ethyl adjacent to an activating group) is 4. The van der Waals surface area contributed by atoms with Crippen molar-refractivity contribution in [2.45, 2.75) is 172 Å². The molecule has 2 bridgehead atoms. The van der Waals surface area contributed by atoms with Gasteiger partial charge in [0, 0.05) is 83.2 Å². The minimum Gasteiger partial charge on any atom is -0.508 e. The average molecular weight is 1800 g/mol. The summed E-state index contributed by atoms with van der Waals surface area (Å²) in [6.45, 7) is 6.12. The van der Waals surface area contributed by atoms with E-state index in [2.05, 4.69) is 47.9 Å². The number of carbonyl (C=O) groups is 16. The number of fused-ring (bicyclic) bond motifs is 5. The van der Waals surface area contributed by atoms with Gasteiger partial charge in [-0.1, -0.05) is 175 Å². The third kappa shape index (κ3) is 27.9. The molecule has 2 aliphatic rings. The Morgan fingerprint density at radius 3 is 1.64 bits per heavy atom. The van der Waals surface area contributed by atoms with Gasteiger partial charge in [-0.15, -0.1) is 23.1 Å². The highest BCUT2D eigenvalue weighted by atomic mass is 32.2. The fraction of sp³-hybridized carbons (Fsp3) is 0.413. The molecule has 9 rings (SSSR count). The van der Waals surface area contributed by atoms with E-state index >= 15 is 38.4 Å². The topological polar surface area (TPSA) is 484 Å². The molecule has 0 spiro atoms. The smallest absolute Gasteiger partial charge is 0.305 e. The summed E-state index contributed by atoms with van der Waals surface area (Å²) in [5.41, 5.74) is 8.53. The Bertz CT molecular complexity index is 5140. The van der Waals surface area contributed by atoms with Crippen molar-refractivity contribution in [3.63, 3.8) is 0 Å². The third-order valence-corrected chi connectivity index (χ3v) is 24.2. The molecule has 14 N–H and O–H groups in total. The first-order chi connectivity index (χ1) is 61.0. The number of unbranched alkanes of at least 4 members (excludes halogenated alkanes) is 1. The first-order valence-electron chi connectivity index (χ1n) is 42.3. The van der Waals surface area contributed by atoms with E-state index in [0.29, 0.717) is 51.6 Å². The number of primary amides is 1. The number of thioether (sulfide) groups is 1. The number of hydrogen-bond acceptors (Lipinski definition) is 20. The number of phenols is 2. The average Bonchev–Trinajstić information content (AvgIpc) is 0.863. The lowest BCUT2D eigenvalue weighted by atomic mass is 9.95. The van der Waals surface area contributed by atoms with E-state index in [1.165, 1.54) is 91.8 Å². The van der Waals surface area contributed by atoms with Gasteiger partial charge in [0.1, 0.15) is 84.5 Å². The minimum atomic E-state index is -1.90. The number of thiophene rings is 1. The first-order valence-corrected chi connectivity index (χ1v) is 44.3. The predicted molar refractivity (Wildman–Crippen MR) is 480 cm³/mol. The molecule has 0 radical (unpaired) electrons. The largest absolute Gasteiger partial charge is 0.508 e. The number of phenolic OH excluding ortho intramolecular Hbond substituents is 2. The molecule has 1 saturated heterocycles. The number of carboxylic acid groups (broad SMARTS) is 1. The standard InChI is InChI=1S/C92H113N15O19S2/c1-10-11-30-71-90(124)103(6)48-77(111)96-67(46-80(114)115)86(120)102-81(54(4)5)92(126)105(8)73(41-56-25-17-13-18-26-56)87(121)100-69-43-59-34-37-62(109)45-72(59)107(89(69)123)49-78(112)95-66(44-60-50-128-75-31-22-21-29-63(60)75)85(119)99-65(39-58-32-35-61(108)36-33-58)84(118)98-64(38-53(2)3)83(117)101-70(82(116)94-47-76(93)110)51-127-52-79(113)97-68(40-55-23-15-12-16-24-55)88(122)106(9)74(91(125)104(71)7)42-57-27-19-14-20-28-57/h12-29,31-37,45,50,53-54,64-71,73-74,81,108-109H,10-11,30,38-44,46-49,51-52H2,1-9H3,(H2,93,110)(H,94,116)(H,95,112)(H,96,111)(H,97,113)(H,98,118)(H,99,119)(H,100,121)(H,101,117)(H,102,120)(H,114,115)/t64-,65?,66-,67-,68-,69-,70-,71-,73-,74-,81-/m0/s1. The van der Waals surface area contributed by atoms with Gasteiger partial charge in [0.05, 0.1) is 31.0 Å². The second-order valence-corrected chi connectivity index (χ2v) is 34.8. The molecule has 11 atom stereocenters. The molecule has 34 nitrogen and oxygen atoms in total. The van der Waals surface area contributed by atoms with Gasteiger partial charge in [0.25, 0.3) is 0 Å². The van der Waals surface area contributed by atoms with Gasteiger partial charge in [0.2, 0.25) is 88.6 Å². The lowest BCUT2D eigenvalue weighted by Crippen LogP contribution is -2.62. The van der Waals surface area contributed by atoms with Gasteiger partial charge in [-0.3, -0.25) is 76.7 Å². The lowest BCUT2D eigenvalue weighted by Gasteiger charge is -2.37. The van der Waals surface area contributed by atoms with Crippen LogP contribution in [0.1, 0.15) is 100 Å². The second kappa shape index (κ2) is 46.8. The van der Waals surface area contributed by atoms with Crippen LogP contribution in [-0.4, -0.2) is 255 Å². The van der Waals surface area contributed by atoms with Crippen LogP contribution in [0.4, 0.5) is 5.69 Å². The Kier molecular flexibility index (Phi) is 36.0. The van der Waals surface area contributed by atoms with E-state index in [9.17, 15) is 53.7 Å². The van der Waals surface area contributed by atoms with Crippen molar-refractivity contribution in [1.29, 1.82) is 0 Å².